The fraction of sp³-hybridized carbons (Fsp3) is 0.231. The van der Waals surface area contributed by atoms with Crippen LogP contribution < -0.4 is 0 Å². The zero-order valence-electron chi connectivity index (χ0n) is 17.4. The second-order valence-electron chi connectivity index (χ2n) is 7.28. The van der Waals surface area contributed by atoms with Gasteiger partial charge < -0.3 is 9.47 Å². The van der Waals surface area contributed by atoms with Gasteiger partial charge in [0.25, 0.3) is 0 Å². The number of esters is 2. The van der Waals surface area contributed by atoms with Crippen LogP contribution in [0.4, 0.5) is 0 Å². The SMILES string of the molecule is COC(=O)C(CC(CCc1ccccc1)OC(=O)c1ccccc1)c1ccc(Cl)cc1. The topological polar surface area (TPSA) is 52.6 Å². The van der Waals surface area contributed by atoms with Crippen LogP contribution in [0.3, 0.4) is 0 Å². The summed E-state index contributed by atoms with van der Waals surface area (Å²) in [6.45, 7) is 0. The van der Waals surface area contributed by atoms with Crippen LogP contribution in [0.5, 0.6) is 0 Å². The predicted molar refractivity (Wildman–Crippen MR) is 121 cm³/mol. The minimum Gasteiger partial charge on any atom is -0.469 e. The molecule has 0 radical (unpaired) electrons. The van der Waals surface area contributed by atoms with Crippen molar-refractivity contribution in [2.45, 2.75) is 31.3 Å². The van der Waals surface area contributed by atoms with Gasteiger partial charge in [-0.3, -0.25) is 4.79 Å². The van der Waals surface area contributed by atoms with Crippen LogP contribution in [0.25, 0.3) is 0 Å². The van der Waals surface area contributed by atoms with E-state index in [9.17, 15) is 9.59 Å². The molecule has 0 fully saturated rings. The maximum absolute atomic E-state index is 12.7. The third-order valence-electron chi connectivity index (χ3n) is 5.14. The molecule has 0 spiro atoms. The lowest BCUT2D eigenvalue weighted by Crippen LogP contribution is -2.26. The molecular formula is C26H25ClO4. The van der Waals surface area contributed by atoms with Gasteiger partial charge in [0.05, 0.1) is 18.6 Å². The van der Waals surface area contributed by atoms with Crippen LogP contribution in [0.1, 0.15) is 40.2 Å². The molecule has 0 saturated carbocycles. The Kier molecular flexibility index (Phi) is 8.25. The van der Waals surface area contributed by atoms with Crippen molar-refractivity contribution < 1.29 is 19.1 Å². The van der Waals surface area contributed by atoms with Gasteiger partial charge in [-0.25, -0.2) is 4.79 Å². The van der Waals surface area contributed by atoms with E-state index in [1.165, 1.54) is 7.11 Å². The van der Waals surface area contributed by atoms with E-state index in [-0.39, 0.29) is 5.97 Å². The summed E-state index contributed by atoms with van der Waals surface area (Å²) in [7, 11) is 1.36. The zero-order valence-corrected chi connectivity index (χ0v) is 18.1. The summed E-state index contributed by atoms with van der Waals surface area (Å²) in [6, 6.07) is 25.9. The smallest absolute Gasteiger partial charge is 0.338 e. The van der Waals surface area contributed by atoms with Crippen molar-refractivity contribution in [1.82, 2.24) is 0 Å². The summed E-state index contributed by atoms with van der Waals surface area (Å²) in [5.41, 5.74) is 2.40. The van der Waals surface area contributed by atoms with Crippen molar-refractivity contribution in [2.75, 3.05) is 7.11 Å². The molecule has 5 heteroatoms. The van der Waals surface area contributed by atoms with Gasteiger partial charge in [-0.05, 0) is 48.2 Å². The molecule has 0 N–H and O–H groups in total. The molecule has 0 heterocycles. The average Bonchev–Trinajstić information content (AvgIpc) is 2.82. The number of carbonyl (C=O) groups excluding carboxylic acids is 2. The Labute approximate surface area is 187 Å². The highest BCUT2D eigenvalue weighted by atomic mass is 35.5. The third kappa shape index (κ3) is 6.69. The second-order valence-corrected chi connectivity index (χ2v) is 7.72. The molecule has 0 aliphatic heterocycles. The van der Waals surface area contributed by atoms with Crippen molar-refractivity contribution in [3.63, 3.8) is 0 Å². The Bertz CT molecular complexity index is 971. The Morgan fingerprint density at radius 1 is 0.871 bits per heavy atom. The first kappa shape index (κ1) is 22.6. The van der Waals surface area contributed by atoms with E-state index in [0.717, 1.165) is 17.5 Å². The number of ether oxygens (including phenoxy) is 2. The summed E-state index contributed by atoms with van der Waals surface area (Å²) in [5.74, 6) is -1.34. The minimum atomic E-state index is -0.563. The maximum atomic E-state index is 12.7. The van der Waals surface area contributed by atoms with Crippen LogP contribution >= 0.6 is 11.6 Å². The number of halogens is 1. The van der Waals surface area contributed by atoms with Crippen LogP contribution in [-0.2, 0) is 20.7 Å². The molecule has 0 aliphatic carbocycles. The summed E-state index contributed by atoms with van der Waals surface area (Å²) in [5, 5.41) is 0.587. The lowest BCUT2D eigenvalue weighted by atomic mass is 9.91. The van der Waals surface area contributed by atoms with Crippen molar-refractivity contribution in [1.29, 1.82) is 0 Å². The molecule has 4 nitrogen and oxygen atoms in total. The van der Waals surface area contributed by atoms with E-state index in [1.54, 1.807) is 48.5 Å². The van der Waals surface area contributed by atoms with Crippen molar-refractivity contribution in [3.05, 3.63) is 107 Å². The molecule has 0 amide bonds. The number of aryl methyl sites for hydroxylation is 1. The molecule has 3 aromatic rings. The predicted octanol–water partition coefficient (Wildman–Crippen LogP) is 5.85. The average molecular weight is 437 g/mol. The number of carbonyl (C=O) groups is 2. The Morgan fingerprint density at radius 3 is 2.10 bits per heavy atom. The maximum Gasteiger partial charge on any atom is 0.338 e. The molecule has 0 aliphatic rings. The second kappa shape index (κ2) is 11.3. The van der Waals surface area contributed by atoms with Crippen molar-refractivity contribution in [3.8, 4) is 0 Å². The number of hydrogen-bond acceptors (Lipinski definition) is 4. The zero-order chi connectivity index (χ0) is 22.1. The molecule has 160 valence electrons. The Morgan fingerprint density at radius 2 is 1.48 bits per heavy atom. The summed E-state index contributed by atoms with van der Waals surface area (Å²) in [6.07, 6.45) is 1.17. The van der Waals surface area contributed by atoms with Gasteiger partial charge in [0.1, 0.15) is 6.10 Å². The monoisotopic (exact) mass is 436 g/mol. The first-order valence-electron chi connectivity index (χ1n) is 10.2. The highest BCUT2D eigenvalue weighted by molar-refractivity contribution is 6.30. The lowest BCUT2D eigenvalue weighted by molar-refractivity contribution is -0.143. The number of hydrogen-bond donors (Lipinski definition) is 0. The molecule has 31 heavy (non-hydrogen) atoms. The minimum absolute atomic E-state index is 0.319. The molecular weight excluding hydrogens is 412 g/mol. The Hall–Kier alpha value is -3.11. The van der Waals surface area contributed by atoms with E-state index in [2.05, 4.69) is 0 Å². The summed E-state index contributed by atoms with van der Waals surface area (Å²) >= 11 is 6.00. The summed E-state index contributed by atoms with van der Waals surface area (Å²) < 4.78 is 10.9. The van der Waals surface area contributed by atoms with Crippen LogP contribution in [0.15, 0.2) is 84.9 Å². The van der Waals surface area contributed by atoms with Gasteiger partial charge in [0.2, 0.25) is 0 Å². The quantitative estimate of drug-likeness (QED) is 0.395. The van der Waals surface area contributed by atoms with E-state index < -0.39 is 18.0 Å². The van der Waals surface area contributed by atoms with Gasteiger partial charge in [-0.15, -0.1) is 0 Å². The largest absolute Gasteiger partial charge is 0.469 e. The highest BCUT2D eigenvalue weighted by Crippen LogP contribution is 2.28. The third-order valence-corrected chi connectivity index (χ3v) is 5.39. The fourth-order valence-corrected chi connectivity index (χ4v) is 3.59. The van der Waals surface area contributed by atoms with E-state index in [0.29, 0.717) is 23.4 Å². The van der Waals surface area contributed by atoms with Crippen LogP contribution in [0.2, 0.25) is 5.02 Å². The van der Waals surface area contributed by atoms with E-state index in [4.69, 9.17) is 21.1 Å². The molecule has 2 unspecified atom stereocenters. The number of methoxy groups -OCH3 is 1. The van der Waals surface area contributed by atoms with Gasteiger partial charge in [0.15, 0.2) is 0 Å². The standard InChI is InChI=1S/C26H25ClO4/c1-30-26(29)24(20-13-15-22(27)16-14-20)18-23(17-12-19-8-4-2-5-9-19)31-25(28)21-10-6-3-7-11-21/h2-11,13-16,23-24H,12,17-18H2,1H3. The molecule has 2 atom stereocenters. The molecule has 3 rings (SSSR count). The molecule has 0 saturated heterocycles. The molecule has 0 aromatic heterocycles. The van der Waals surface area contributed by atoms with Crippen LogP contribution in [-0.4, -0.2) is 25.2 Å². The Balaban J connectivity index is 1.80. The molecule has 3 aromatic carbocycles. The number of benzene rings is 3. The van der Waals surface area contributed by atoms with Crippen LogP contribution in [0, 0.1) is 0 Å². The first-order valence-corrected chi connectivity index (χ1v) is 10.6. The highest BCUT2D eigenvalue weighted by Gasteiger charge is 2.28. The van der Waals surface area contributed by atoms with E-state index >= 15 is 0 Å². The van der Waals surface area contributed by atoms with Gasteiger partial charge in [-0.1, -0.05) is 72.3 Å². The van der Waals surface area contributed by atoms with Gasteiger partial charge in [-0.2, -0.15) is 0 Å². The normalized spacial score (nSPS) is 12.6. The molecule has 0 bridgehead atoms. The first-order chi connectivity index (χ1) is 15.1. The van der Waals surface area contributed by atoms with Crippen molar-refractivity contribution in [2.24, 2.45) is 0 Å². The number of rotatable bonds is 9. The van der Waals surface area contributed by atoms with E-state index in [1.807, 2.05) is 36.4 Å². The van der Waals surface area contributed by atoms with Gasteiger partial charge in [0, 0.05) is 11.4 Å². The van der Waals surface area contributed by atoms with Gasteiger partial charge >= 0.3 is 11.9 Å². The van der Waals surface area contributed by atoms with Crippen molar-refractivity contribution >= 4 is 23.5 Å². The lowest BCUT2D eigenvalue weighted by Gasteiger charge is -2.23. The summed E-state index contributed by atoms with van der Waals surface area (Å²) in [4.78, 5) is 25.3. The fourth-order valence-electron chi connectivity index (χ4n) is 3.46.